The van der Waals surface area contributed by atoms with Crippen molar-refractivity contribution in [3.05, 3.63) is 94.0 Å². The summed E-state index contributed by atoms with van der Waals surface area (Å²) in [7, 11) is 0. The van der Waals surface area contributed by atoms with Crippen LogP contribution >= 0.6 is 11.6 Å². The maximum Gasteiger partial charge on any atom is 0.236 e. The second-order valence-electron chi connectivity index (χ2n) is 8.97. The topological polar surface area (TPSA) is 87.8 Å². The number of carbonyl (C=O) groups is 1. The highest BCUT2D eigenvalue weighted by atomic mass is 35.5. The molecule has 1 unspecified atom stereocenters. The zero-order chi connectivity index (χ0) is 23.7. The van der Waals surface area contributed by atoms with E-state index in [0.717, 1.165) is 18.4 Å². The Balaban J connectivity index is 1.29. The zero-order valence-corrected chi connectivity index (χ0v) is 19.6. The number of ether oxygens (including phenoxy) is 1. The third kappa shape index (κ3) is 4.25. The molecule has 2 aliphatic heterocycles. The van der Waals surface area contributed by atoms with Crippen LogP contribution in [0.2, 0.25) is 5.02 Å². The number of hydrogen-bond donors (Lipinski definition) is 3. The number of fused-ring (bicyclic) bond motifs is 2. The molecule has 5 rings (SSSR count). The van der Waals surface area contributed by atoms with E-state index in [1.54, 1.807) is 30.3 Å². The number of anilines is 1. The lowest BCUT2D eigenvalue weighted by Crippen LogP contribution is -2.48. The molecule has 0 bridgehead atoms. The van der Waals surface area contributed by atoms with Crippen LogP contribution in [0.3, 0.4) is 0 Å². The number of piperidine rings is 1. The Morgan fingerprint density at radius 3 is 2.62 bits per heavy atom. The first-order valence-electron chi connectivity index (χ1n) is 11.5. The van der Waals surface area contributed by atoms with Gasteiger partial charge in [-0.3, -0.25) is 10.1 Å². The Morgan fingerprint density at radius 2 is 1.82 bits per heavy atom. The lowest BCUT2D eigenvalue weighted by Gasteiger charge is -2.39. The fraction of sp³-hybridized carbons (Fsp3) is 0.296. The van der Waals surface area contributed by atoms with Gasteiger partial charge in [-0.1, -0.05) is 54.1 Å². The van der Waals surface area contributed by atoms with Crippen molar-refractivity contribution in [3.8, 4) is 5.75 Å². The fourth-order valence-corrected chi connectivity index (χ4v) is 5.31. The number of carbonyl (C=O) groups excluding carboxylic acids is 1. The minimum absolute atomic E-state index is 0.00199. The number of rotatable bonds is 5. The largest absolute Gasteiger partial charge is 0.508 e. The summed E-state index contributed by atoms with van der Waals surface area (Å²) in [6.45, 7) is 2.01. The molecule has 1 atom stereocenters. The first kappa shape index (κ1) is 22.7. The van der Waals surface area contributed by atoms with Crippen molar-refractivity contribution in [3.63, 3.8) is 0 Å². The van der Waals surface area contributed by atoms with Crippen molar-refractivity contribution in [1.29, 1.82) is 0 Å². The average molecular weight is 478 g/mol. The highest BCUT2D eigenvalue weighted by molar-refractivity contribution is 6.30. The number of nitrogens with zero attached hydrogens (tertiary/aromatic N) is 1. The molecule has 6 nitrogen and oxygen atoms in total. The van der Waals surface area contributed by atoms with E-state index < -0.39 is 6.04 Å². The second kappa shape index (κ2) is 9.29. The average Bonchev–Trinajstić information content (AvgIpc) is 3.20. The van der Waals surface area contributed by atoms with Gasteiger partial charge in [0.1, 0.15) is 5.75 Å². The molecule has 1 spiro atoms. The molecule has 4 N–H and O–H groups in total. The zero-order valence-electron chi connectivity index (χ0n) is 18.8. The van der Waals surface area contributed by atoms with Gasteiger partial charge in [0.25, 0.3) is 0 Å². The normalized spacial score (nSPS) is 17.5. The van der Waals surface area contributed by atoms with E-state index in [1.165, 1.54) is 11.1 Å². The molecular formula is C27H28ClN3O3. The van der Waals surface area contributed by atoms with Gasteiger partial charge in [0.2, 0.25) is 5.91 Å². The van der Waals surface area contributed by atoms with Crippen LogP contribution in [-0.2, 0) is 21.7 Å². The van der Waals surface area contributed by atoms with Crippen molar-refractivity contribution in [2.45, 2.75) is 31.1 Å². The van der Waals surface area contributed by atoms with Crippen molar-refractivity contribution < 1.29 is 14.6 Å². The summed E-state index contributed by atoms with van der Waals surface area (Å²) in [5, 5.41) is 14.3. The molecule has 0 aliphatic carbocycles. The number of nitrogen functional groups attached to an aromatic ring is 1. The number of amides is 1. The SMILES string of the molecule is Nc1ccc(Cl)cc1C(NCC(=O)N1CCC2(CC1)OCc1ccccc12)c1ccccc1O. The molecule has 2 aliphatic rings. The Bertz CT molecular complexity index is 1210. The van der Waals surface area contributed by atoms with E-state index >= 15 is 0 Å². The quantitative estimate of drug-likeness (QED) is 0.475. The predicted octanol–water partition coefficient (Wildman–Crippen LogP) is 4.35. The first-order valence-corrected chi connectivity index (χ1v) is 11.9. The van der Waals surface area contributed by atoms with Crippen LogP contribution in [0.1, 0.15) is 41.1 Å². The molecule has 1 amide bonds. The minimum Gasteiger partial charge on any atom is -0.508 e. The number of benzene rings is 3. The third-order valence-corrected chi connectivity index (χ3v) is 7.24. The maximum absolute atomic E-state index is 13.2. The number of phenolic OH excluding ortho intramolecular Hbond substituents is 1. The van der Waals surface area contributed by atoms with Gasteiger partial charge in [-0.25, -0.2) is 0 Å². The van der Waals surface area contributed by atoms with Crippen molar-refractivity contribution in [2.75, 3.05) is 25.4 Å². The lowest BCUT2D eigenvalue weighted by atomic mass is 9.84. The molecule has 0 radical (unpaired) electrons. The van der Waals surface area contributed by atoms with Gasteiger partial charge in [0.05, 0.1) is 24.8 Å². The molecule has 7 heteroatoms. The summed E-state index contributed by atoms with van der Waals surface area (Å²) >= 11 is 6.23. The number of nitrogens with one attached hydrogen (secondary N) is 1. The summed E-state index contributed by atoms with van der Waals surface area (Å²) in [5.74, 6) is 0.130. The lowest BCUT2D eigenvalue weighted by molar-refractivity contribution is -0.137. The van der Waals surface area contributed by atoms with Crippen LogP contribution < -0.4 is 11.1 Å². The second-order valence-corrected chi connectivity index (χ2v) is 9.40. The van der Waals surface area contributed by atoms with Gasteiger partial charge in [-0.05, 0) is 53.8 Å². The van der Waals surface area contributed by atoms with E-state index in [4.69, 9.17) is 22.1 Å². The van der Waals surface area contributed by atoms with Gasteiger partial charge >= 0.3 is 0 Å². The Morgan fingerprint density at radius 1 is 1.09 bits per heavy atom. The maximum atomic E-state index is 13.2. The molecule has 1 fully saturated rings. The van der Waals surface area contributed by atoms with E-state index in [2.05, 4.69) is 23.5 Å². The molecule has 176 valence electrons. The van der Waals surface area contributed by atoms with Gasteiger partial charge in [0.15, 0.2) is 0 Å². The molecule has 3 aromatic rings. The van der Waals surface area contributed by atoms with Gasteiger partial charge in [0, 0.05) is 29.4 Å². The van der Waals surface area contributed by atoms with Crippen LogP contribution in [0.5, 0.6) is 5.75 Å². The molecule has 1 saturated heterocycles. The number of aromatic hydroxyl groups is 1. The van der Waals surface area contributed by atoms with E-state index in [0.29, 0.717) is 36.0 Å². The number of phenols is 1. The Labute approximate surface area is 204 Å². The van der Waals surface area contributed by atoms with Gasteiger partial charge in [-0.2, -0.15) is 0 Å². The number of hydrogen-bond acceptors (Lipinski definition) is 5. The van der Waals surface area contributed by atoms with Crippen molar-refractivity contribution in [1.82, 2.24) is 10.2 Å². The fourth-order valence-electron chi connectivity index (χ4n) is 5.13. The molecule has 34 heavy (non-hydrogen) atoms. The van der Waals surface area contributed by atoms with E-state index in [-0.39, 0.29) is 23.8 Å². The van der Waals surface area contributed by atoms with Crippen molar-refractivity contribution >= 4 is 23.2 Å². The molecular weight excluding hydrogens is 450 g/mol. The monoisotopic (exact) mass is 477 g/mol. The first-order chi connectivity index (χ1) is 16.5. The van der Waals surface area contributed by atoms with Crippen LogP contribution in [0, 0.1) is 0 Å². The minimum atomic E-state index is -0.481. The third-order valence-electron chi connectivity index (χ3n) is 7.00. The number of halogens is 1. The number of likely N-dealkylation sites (tertiary alicyclic amines) is 1. The number of para-hydroxylation sites is 1. The Kier molecular flexibility index (Phi) is 6.21. The van der Waals surface area contributed by atoms with Crippen LogP contribution in [-0.4, -0.2) is 35.5 Å². The highest BCUT2D eigenvalue weighted by Gasteiger charge is 2.43. The summed E-state index contributed by atoms with van der Waals surface area (Å²) in [5.41, 5.74) is 10.4. The van der Waals surface area contributed by atoms with E-state index in [9.17, 15) is 9.90 Å². The van der Waals surface area contributed by atoms with Crippen LogP contribution in [0.25, 0.3) is 0 Å². The van der Waals surface area contributed by atoms with E-state index in [1.807, 2.05) is 23.1 Å². The summed E-state index contributed by atoms with van der Waals surface area (Å²) < 4.78 is 6.22. The number of nitrogens with two attached hydrogens (primary N) is 1. The molecule has 0 saturated carbocycles. The summed E-state index contributed by atoms with van der Waals surface area (Å²) in [4.78, 5) is 15.0. The highest BCUT2D eigenvalue weighted by Crippen LogP contribution is 2.44. The van der Waals surface area contributed by atoms with Gasteiger partial charge < -0.3 is 20.5 Å². The van der Waals surface area contributed by atoms with Crippen LogP contribution in [0.4, 0.5) is 5.69 Å². The van der Waals surface area contributed by atoms with Crippen LogP contribution in [0.15, 0.2) is 66.7 Å². The standard InChI is InChI=1S/C27H28ClN3O3/c28-19-9-10-23(29)21(15-19)26(20-6-2-4-8-24(20)32)30-16-25(33)31-13-11-27(12-14-31)22-7-3-1-5-18(22)17-34-27/h1-10,15,26,30,32H,11-14,16-17,29H2. The molecule has 3 aromatic carbocycles. The summed E-state index contributed by atoms with van der Waals surface area (Å²) in [6, 6.07) is 20.1. The molecule has 2 heterocycles. The van der Waals surface area contributed by atoms with Gasteiger partial charge in [-0.15, -0.1) is 0 Å². The predicted molar refractivity (Wildman–Crippen MR) is 133 cm³/mol. The molecule has 0 aromatic heterocycles. The Hall–Kier alpha value is -3.06. The smallest absolute Gasteiger partial charge is 0.236 e. The van der Waals surface area contributed by atoms with Crippen molar-refractivity contribution in [2.24, 2.45) is 0 Å². The summed E-state index contributed by atoms with van der Waals surface area (Å²) in [6.07, 6.45) is 1.56.